The van der Waals surface area contributed by atoms with Gasteiger partial charge < -0.3 is 20.3 Å². The zero-order valence-corrected chi connectivity index (χ0v) is 40.3. The average molecular weight is 854 g/mol. The Morgan fingerprint density at radius 2 is 0.869 bits per heavy atom. The number of ether oxygens (including phenoxy) is 1. The van der Waals surface area contributed by atoms with Crippen LogP contribution < -0.4 is 5.32 Å². The number of unbranched alkanes of at least 4 members (excludes halogenated alkanes) is 24. The molecule has 0 aromatic carbocycles. The molecule has 0 fully saturated rings. The molecule has 6 heteroatoms. The predicted octanol–water partition coefficient (Wildman–Crippen LogP) is 15.6. The van der Waals surface area contributed by atoms with Crippen molar-refractivity contribution < 1.29 is 24.5 Å². The van der Waals surface area contributed by atoms with E-state index in [0.717, 1.165) is 77.0 Å². The fraction of sp³-hybridized carbons (Fsp3) is 0.782. The van der Waals surface area contributed by atoms with Gasteiger partial charge in [-0.2, -0.15) is 0 Å². The minimum absolute atomic E-state index is 0.0557. The maximum Gasteiger partial charge on any atom is 0.306 e. The summed E-state index contributed by atoms with van der Waals surface area (Å²) in [6.45, 7) is 6.36. The molecule has 0 aromatic rings. The van der Waals surface area contributed by atoms with Crippen molar-refractivity contribution in [3.8, 4) is 0 Å². The minimum atomic E-state index is -0.796. The number of rotatable bonds is 46. The highest BCUT2D eigenvalue weighted by molar-refractivity contribution is 5.77. The molecule has 0 rings (SSSR count). The molecule has 3 N–H and O–H groups in total. The van der Waals surface area contributed by atoms with Gasteiger partial charge in [-0.25, -0.2) is 0 Å². The molecule has 0 saturated carbocycles. The fourth-order valence-electron chi connectivity index (χ4n) is 7.70. The third kappa shape index (κ3) is 44.0. The number of carbonyl (C=O) groups is 2. The lowest BCUT2D eigenvalue weighted by Crippen LogP contribution is -2.46. The summed E-state index contributed by atoms with van der Waals surface area (Å²) in [6, 6.07) is -0.712. The van der Waals surface area contributed by atoms with Crippen LogP contribution in [-0.2, 0) is 14.3 Å². The van der Waals surface area contributed by atoms with Crippen molar-refractivity contribution >= 4 is 11.9 Å². The summed E-state index contributed by atoms with van der Waals surface area (Å²) in [7, 11) is 0. The van der Waals surface area contributed by atoms with E-state index in [1.54, 1.807) is 0 Å². The van der Waals surface area contributed by atoms with Gasteiger partial charge in [0.05, 0.1) is 25.2 Å². The molecular formula is C55H99NO5. The van der Waals surface area contributed by atoms with Crippen molar-refractivity contribution in [3.05, 3.63) is 60.8 Å². The number of hydrogen-bond donors (Lipinski definition) is 3. The molecule has 0 radical (unpaired) electrons. The van der Waals surface area contributed by atoms with Gasteiger partial charge in [0, 0.05) is 6.42 Å². The molecule has 3 atom stereocenters. The van der Waals surface area contributed by atoms with Crippen molar-refractivity contribution in [3.63, 3.8) is 0 Å². The Morgan fingerprint density at radius 3 is 1.28 bits per heavy atom. The second kappa shape index (κ2) is 48.6. The Kier molecular flexibility index (Phi) is 46.6. The van der Waals surface area contributed by atoms with Gasteiger partial charge in [0.2, 0.25) is 5.91 Å². The summed E-state index contributed by atoms with van der Waals surface area (Å²) < 4.78 is 5.90. The van der Waals surface area contributed by atoms with Crippen LogP contribution in [0.25, 0.3) is 0 Å². The summed E-state index contributed by atoms with van der Waals surface area (Å²) in [5, 5.41) is 23.8. The lowest BCUT2D eigenvalue weighted by atomic mass is 10.0. The molecule has 3 unspecified atom stereocenters. The quantitative estimate of drug-likeness (QED) is 0.0322. The van der Waals surface area contributed by atoms with Crippen molar-refractivity contribution in [2.75, 3.05) is 6.61 Å². The Hall–Kier alpha value is -2.44. The molecule has 6 nitrogen and oxygen atoms in total. The zero-order chi connectivity index (χ0) is 44.5. The van der Waals surface area contributed by atoms with Crippen LogP contribution in [0.15, 0.2) is 60.8 Å². The zero-order valence-electron chi connectivity index (χ0n) is 40.3. The molecule has 0 aliphatic carbocycles. The lowest BCUT2D eigenvalue weighted by molar-refractivity contribution is -0.151. The van der Waals surface area contributed by atoms with Crippen LogP contribution in [0.4, 0.5) is 0 Å². The third-order valence-corrected chi connectivity index (χ3v) is 11.6. The molecular weight excluding hydrogens is 755 g/mol. The predicted molar refractivity (Wildman–Crippen MR) is 264 cm³/mol. The molecule has 0 spiro atoms. The molecule has 0 saturated heterocycles. The summed E-state index contributed by atoms with van der Waals surface area (Å²) in [5.74, 6) is -0.539. The fourth-order valence-corrected chi connectivity index (χ4v) is 7.70. The van der Waals surface area contributed by atoms with Gasteiger partial charge in [-0.3, -0.25) is 9.59 Å². The van der Waals surface area contributed by atoms with Gasteiger partial charge in [0.25, 0.3) is 0 Å². The standard InChI is InChI=1S/C55H99NO5/c1-4-7-10-13-16-19-22-24-26-27-29-31-33-36-39-42-45-48-55(60)61-51(46-43-40-37-34-21-18-15-12-9-6-3)49-54(59)56-52(50-57)53(58)47-44-41-38-35-32-30-28-25-23-20-17-14-11-8-5-2/h7,10,16,19,24,26,29,31,36,39,51-53,57-58H,4-6,8-9,11-15,17-18,20-23,25,27-28,30,32-35,37-38,40-50H2,1-3H3,(H,56,59)/b10-7-,19-16-,26-24-,31-29-,39-36-. The molecule has 0 heterocycles. The van der Waals surface area contributed by atoms with Crippen LogP contribution >= 0.6 is 0 Å². The highest BCUT2D eigenvalue weighted by atomic mass is 16.5. The molecule has 0 aromatic heterocycles. The van der Waals surface area contributed by atoms with Gasteiger partial charge in [-0.15, -0.1) is 0 Å². The van der Waals surface area contributed by atoms with E-state index in [4.69, 9.17) is 4.74 Å². The van der Waals surface area contributed by atoms with Crippen LogP contribution in [-0.4, -0.2) is 46.9 Å². The SMILES string of the molecule is CC/C=C\C/C=C\C/C=C\C/C=C\C/C=C\CCCC(=O)OC(CCCCCCCCCCCC)CC(=O)NC(CO)C(O)CCCCCCCCCCCCCCCCC. The first kappa shape index (κ1) is 58.6. The maximum atomic E-state index is 13.2. The Balaban J connectivity index is 4.57. The van der Waals surface area contributed by atoms with Gasteiger partial charge >= 0.3 is 5.97 Å². The molecule has 1 amide bonds. The van der Waals surface area contributed by atoms with E-state index < -0.39 is 18.2 Å². The first-order valence-corrected chi connectivity index (χ1v) is 26.0. The van der Waals surface area contributed by atoms with Gasteiger partial charge in [0.15, 0.2) is 0 Å². The van der Waals surface area contributed by atoms with E-state index >= 15 is 0 Å². The minimum Gasteiger partial charge on any atom is -0.462 e. The summed E-state index contributed by atoms with van der Waals surface area (Å²) in [4.78, 5) is 26.1. The number of amides is 1. The summed E-state index contributed by atoms with van der Waals surface area (Å²) >= 11 is 0. The van der Waals surface area contributed by atoms with Crippen LogP contribution in [0.5, 0.6) is 0 Å². The Morgan fingerprint density at radius 1 is 0.492 bits per heavy atom. The van der Waals surface area contributed by atoms with E-state index in [-0.39, 0.29) is 24.9 Å². The van der Waals surface area contributed by atoms with Crippen LogP contribution in [0.1, 0.15) is 252 Å². The highest BCUT2D eigenvalue weighted by Gasteiger charge is 2.24. The molecule has 61 heavy (non-hydrogen) atoms. The normalized spacial score (nSPS) is 13.7. The van der Waals surface area contributed by atoms with Crippen molar-refractivity contribution in [2.24, 2.45) is 0 Å². The van der Waals surface area contributed by atoms with Gasteiger partial charge in [-0.05, 0) is 64.2 Å². The first-order chi connectivity index (χ1) is 30.0. The van der Waals surface area contributed by atoms with E-state index in [1.165, 1.54) is 122 Å². The number of esters is 1. The van der Waals surface area contributed by atoms with Crippen molar-refractivity contribution in [2.45, 2.75) is 270 Å². The summed E-state index contributed by atoms with van der Waals surface area (Å²) in [5.41, 5.74) is 0. The van der Waals surface area contributed by atoms with Crippen molar-refractivity contribution in [1.82, 2.24) is 5.32 Å². The maximum absolute atomic E-state index is 13.2. The van der Waals surface area contributed by atoms with Gasteiger partial charge in [-0.1, -0.05) is 236 Å². The van der Waals surface area contributed by atoms with Crippen molar-refractivity contribution in [1.29, 1.82) is 0 Å². The number of aliphatic hydroxyl groups is 2. The first-order valence-electron chi connectivity index (χ1n) is 26.0. The molecule has 0 bridgehead atoms. The lowest BCUT2D eigenvalue weighted by Gasteiger charge is -2.24. The number of aliphatic hydroxyl groups excluding tert-OH is 2. The molecule has 0 aliphatic heterocycles. The molecule has 0 aliphatic rings. The Labute approximate surface area is 378 Å². The van der Waals surface area contributed by atoms with E-state index in [2.05, 4.69) is 86.8 Å². The average Bonchev–Trinajstić information content (AvgIpc) is 3.25. The van der Waals surface area contributed by atoms with Crippen LogP contribution in [0.3, 0.4) is 0 Å². The second-order valence-corrected chi connectivity index (χ2v) is 17.5. The largest absolute Gasteiger partial charge is 0.462 e. The monoisotopic (exact) mass is 854 g/mol. The van der Waals surface area contributed by atoms with Crippen LogP contribution in [0, 0.1) is 0 Å². The number of carbonyl (C=O) groups excluding carboxylic acids is 2. The number of nitrogens with one attached hydrogen (secondary N) is 1. The van der Waals surface area contributed by atoms with E-state index in [0.29, 0.717) is 25.7 Å². The molecule has 354 valence electrons. The number of hydrogen-bond acceptors (Lipinski definition) is 5. The Bertz CT molecular complexity index is 1090. The number of allylic oxidation sites excluding steroid dienone is 10. The van der Waals surface area contributed by atoms with Gasteiger partial charge in [0.1, 0.15) is 6.10 Å². The van der Waals surface area contributed by atoms with E-state index in [1.807, 2.05) is 0 Å². The highest BCUT2D eigenvalue weighted by Crippen LogP contribution is 2.18. The van der Waals surface area contributed by atoms with E-state index in [9.17, 15) is 19.8 Å². The van der Waals surface area contributed by atoms with Crippen LogP contribution in [0.2, 0.25) is 0 Å². The topological polar surface area (TPSA) is 95.9 Å². The smallest absolute Gasteiger partial charge is 0.306 e. The summed E-state index contributed by atoms with van der Waals surface area (Å²) in [6.07, 6.45) is 60.0. The second-order valence-electron chi connectivity index (χ2n) is 17.5. The third-order valence-electron chi connectivity index (χ3n) is 11.6.